The molecule has 0 spiro atoms. The minimum absolute atomic E-state index is 0.0374. The van der Waals surface area contributed by atoms with E-state index in [1.54, 1.807) is 36.4 Å². The van der Waals surface area contributed by atoms with E-state index in [-0.39, 0.29) is 47.6 Å². The summed E-state index contributed by atoms with van der Waals surface area (Å²) in [5.74, 6) is -1.01. The molecule has 1 saturated carbocycles. The van der Waals surface area contributed by atoms with Crippen LogP contribution in [0.1, 0.15) is 50.6 Å². The second-order valence-electron chi connectivity index (χ2n) is 9.57. The van der Waals surface area contributed by atoms with Crippen molar-refractivity contribution in [3.05, 3.63) is 66.0 Å². The molecule has 3 aromatic rings. The lowest BCUT2D eigenvalue weighted by molar-refractivity contribution is -0.136. The Labute approximate surface area is 220 Å². The number of nitrogens with zero attached hydrogens (tertiary/aromatic N) is 1. The van der Waals surface area contributed by atoms with E-state index in [4.69, 9.17) is 5.11 Å². The van der Waals surface area contributed by atoms with Crippen LogP contribution in [0.2, 0.25) is 0 Å². The lowest BCUT2D eigenvalue weighted by atomic mass is 9.85. The molecule has 1 amide bonds. The topological polar surface area (TPSA) is 137 Å². The minimum Gasteiger partial charge on any atom is -0.481 e. The molecule has 38 heavy (non-hydrogen) atoms. The Morgan fingerprint density at radius 3 is 2.45 bits per heavy atom. The van der Waals surface area contributed by atoms with Gasteiger partial charge < -0.3 is 15.7 Å². The van der Waals surface area contributed by atoms with Crippen LogP contribution >= 0.6 is 0 Å². The third kappa shape index (κ3) is 7.05. The van der Waals surface area contributed by atoms with E-state index in [1.807, 2.05) is 6.92 Å². The van der Waals surface area contributed by atoms with Crippen LogP contribution in [0, 0.1) is 11.7 Å². The predicted molar refractivity (Wildman–Crippen MR) is 142 cm³/mol. The Morgan fingerprint density at radius 1 is 1.05 bits per heavy atom. The average molecular weight is 543 g/mol. The van der Waals surface area contributed by atoms with Gasteiger partial charge in [-0.1, -0.05) is 12.1 Å². The highest BCUT2D eigenvalue weighted by atomic mass is 32.2. The third-order valence-corrected chi connectivity index (χ3v) is 8.28. The van der Waals surface area contributed by atoms with Crippen LogP contribution in [-0.2, 0) is 19.6 Å². The Morgan fingerprint density at radius 2 is 1.76 bits per heavy atom. The van der Waals surface area contributed by atoms with Gasteiger partial charge in [-0.25, -0.2) is 22.5 Å². The monoisotopic (exact) mass is 542 g/mol. The molecule has 1 aliphatic rings. The summed E-state index contributed by atoms with van der Waals surface area (Å²) in [6, 6.07) is 13.6. The number of fused-ring (bicyclic) bond motifs is 1. The number of hydrogen-bond acceptors (Lipinski definition) is 6. The Bertz CT molecular complexity index is 1410. The molecule has 1 heterocycles. The van der Waals surface area contributed by atoms with Gasteiger partial charge in [-0.2, -0.15) is 0 Å². The minimum atomic E-state index is -3.77. The second-order valence-corrected chi connectivity index (χ2v) is 11.3. The van der Waals surface area contributed by atoms with Crippen molar-refractivity contribution in [1.29, 1.82) is 0 Å². The quantitative estimate of drug-likeness (QED) is 0.304. The molecular formula is C27H31FN4O5S. The number of aromatic nitrogens is 1. The number of amides is 1. The molecule has 1 fully saturated rings. The summed E-state index contributed by atoms with van der Waals surface area (Å²) >= 11 is 0. The zero-order chi connectivity index (χ0) is 27.3. The van der Waals surface area contributed by atoms with Gasteiger partial charge in [0.2, 0.25) is 15.9 Å². The van der Waals surface area contributed by atoms with E-state index in [1.165, 1.54) is 18.2 Å². The maximum Gasteiger partial charge on any atom is 0.305 e. The van der Waals surface area contributed by atoms with Gasteiger partial charge in [0.1, 0.15) is 11.6 Å². The van der Waals surface area contributed by atoms with Crippen LogP contribution < -0.4 is 15.4 Å². The molecule has 9 nitrogen and oxygen atoms in total. The molecule has 202 valence electrons. The maximum absolute atomic E-state index is 13.2. The van der Waals surface area contributed by atoms with Crippen molar-refractivity contribution in [3.8, 4) is 0 Å². The lowest BCUT2D eigenvalue weighted by Crippen LogP contribution is -2.41. The van der Waals surface area contributed by atoms with Crippen molar-refractivity contribution in [2.45, 2.75) is 56.0 Å². The number of benzene rings is 2. The Balaban J connectivity index is 1.31. The summed E-state index contributed by atoms with van der Waals surface area (Å²) in [4.78, 5) is 27.9. The Hall–Kier alpha value is -3.57. The molecule has 1 unspecified atom stereocenters. The number of sulfonamides is 1. The van der Waals surface area contributed by atoms with Crippen molar-refractivity contribution in [2.75, 3.05) is 11.9 Å². The van der Waals surface area contributed by atoms with Gasteiger partial charge in [0, 0.05) is 23.9 Å². The molecular weight excluding hydrogens is 511 g/mol. The fraction of sp³-hybridized carbons (Fsp3) is 0.370. The molecule has 0 radical (unpaired) electrons. The maximum atomic E-state index is 13.2. The standard InChI is InChI=1S/C27H31FN4O5S/c1-17(18-2-7-21(28)8-3-18)30-27(35)19-4-9-22(10-5-19)32-38(36,37)23-11-12-24-20(16-23)6-13-25(31-24)29-15-14-26(33)34/h2-3,6-8,11-13,16-17,19,22,32H,4-5,9-10,14-15H2,1H3,(H,29,31)(H,30,35)(H,33,34). The molecule has 0 saturated heterocycles. The number of pyridine rings is 1. The van der Waals surface area contributed by atoms with Crippen molar-refractivity contribution in [3.63, 3.8) is 0 Å². The van der Waals surface area contributed by atoms with Crippen LogP contribution in [0.3, 0.4) is 0 Å². The molecule has 0 aliphatic heterocycles. The van der Waals surface area contributed by atoms with Crippen LogP contribution in [-0.4, -0.2) is 43.0 Å². The molecule has 1 atom stereocenters. The van der Waals surface area contributed by atoms with Crippen LogP contribution in [0.25, 0.3) is 10.9 Å². The van der Waals surface area contributed by atoms with Gasteiger partial charge in [-0.3, -0.25) is 9.59 Å². The molecule has 4 rings (SSSR count). The van der Waals surface area contributed by atoms with Crippen LogP contribution in [0.4, 0.5) is 10.2 Å². The first-order valence-electron chi connectivity index (χ1n) is 12.6. The van der Waals surface area contributed by atoms with Crippen LogP contribution in [0.5, 0.6) is 0 Å². The summed E-state index contributed by atoms with van der Waals surface area (Å²) in [6.45, 7) is 2.09. The fourth-order valence-electron chi connectivity index (χ4n) is 4.59. The number of hydrogen-bond donors (Lipinski definition) is 4. The van der Waals surface area contributed by atoms with E-state index >= 15 is 0 Å². The second kappa shape index (κ2) is 11.9. The van der Waals surface area contributed by atoms with Gasteiger partial charge in [0.25, 0.3) is 0 Å². The van der Waals surface area contributed by atoms with Gasteiger partial charge in [-0.15, -0.1) is 0 Å². The third-order valence-electron chi connectivity index (χ3n) is 6.76. The van der Waals surface area contributed by atoms with Crippen molar-refractivity contribution in [1.82, 2.24) is 15.0 Å². The number of carboxylic acid groups (broad SMARTS) is 1. The van der Waals surface area contributed by atoms with E-state index in [2.05, 4.69) is 20.3 Å². The zero-order valence-corrected chi connectivity index (χ0v) is 21.8. The highest BCUT2D eigenvalue weighted by Crippen LogP contribution is 2.27. The van der Waals surface area contributed by atoms with E-state index in [9.17, 15) is 22.4 Å². The van der Waals surface area contributed by atoms with Crippen molar-refractivity contribution < 1.29 is 27.5 Å². The smallest absolute Gasteiger partial charge is 0.305 e. The van der Waals surface area contributed by atoms with Crippen molar-refractivity contribution >= 4 is 38.6 Å². The number of aliphatic carboxylic acids is 1. The van der Waals surface area contributed by atoms with Gasteiger partial charge in [0.15, 0.2) is 0 Å². The summed E-state index contributed by atoms with van der Waals surface area (Å²) in [5.41, 5.74) is 1.41. The summed E-state index contributed by atoms with van der Waals surface area (Å²) in [5, 5.41) is 15.3. The first kappa shape index (κ1) is 27.5. The van der Waals surface area contributed by atoms with E-state index < -0.39 is 16.0 Å². The first-order chi connectivity index (χ1) is 18.1. The number of carbonyl (C=O) groups is 2. The molecule has 2 aromatic carbocycles. The van der Waals surface area contributed by atoms with Gasteiger partial charge in [0.05, 0.1) is 22.9 Å². The zero-order valence-electron chi connectivity index (χ0n) is 21.0. The normalized spacial score (nSPS) is 18.6. The number of carbonyl (C=O) groups excluding carboxylic acids is 1. The summed E-state index contributed by atoms with van der Waals surface area (Å²) in [7, 11) is -3.77. The van der Waals surface area contributed by atoms with Gasteiger partial charge >= 0.3 is 5.97 Å². The van der Waals surface area contributed by atoms with E-state index in [0.717, 1.165) is 5.56 Å². The molecule has 1 aromatic heterocycles. The lowest BCUT2D eigenvalue weighted by Gasteiger charge is -2.29. The molecule has 11 heteroatoms. The summed E-state index contributed by atoms with van der Waals surface area (Å²) in [6.07, 6.45) is 2.18. The van der Waals surface area contributed by atoms with Gasteiger partial charge in [-0.05, 0) is 80.6 Å². The van der Waals surface area contributed by atoms with Crippen molar-refractivity contribution in [2.24, 2.45) is 5.92 Å². The number of carboxylic acids is 1. The molecule has 4 N–H and O–H groups in total. The largest absolute Gasteiger partial charge is 0.481 e. The van der Waals surface area contributed by atoms with E-state index in [0.29, 0.717) is 42.4 Å². The fourth-order valence-corrected chi connectivity index (χ4v) is 5.93. The number of anilines is 1. The predicted octanol–water partition coefficient (Wildman–Crippen LogP) is 3.98. The van der Waals surface area contributed by atoms with Crippen LogP contribution in [0.15, 0.2) is 59.5 Å². The molecule has 0 bridgehead atoms. The number of nitrogens with one attached hydrogen (secondary N) is 3. The first-order valence-corrected chi connectivity index (χ1v) is 14.0. The average Bonchev–Trinajstić information content (AvgIpc) is 2.88. The highest BCUT2D eigenvalue weighted by molar-refractivity contribution is 7.89. The molecule has 1 aliphatic carbocycles. The Kier molecular flexibility index (Phi) is 8.58. The number of rotatable bonds is 10. The number of halogens is 1. The highest BCUT2D eigenvalue weighted by Gasteiger charge is 2.30. The summed E-state index contributed by atoms with van der Waals surface area (Å²) < 4.78 is 42.0. The SMILES string of the molecule is CC(NC(=O)C1CCC(NS(=O)(=O)c2ccc3nc(NCCC(=O)O)ccc3c2)CC1)c1ccc(F)cc1.